The molecule has 1 rings (SSSR count). The monoisotopic (exact) mass is 247 g/mol. The molecule has 1 heteroatoms. The lowest BCUT2D eigenvalue weighted by Crippen LogP contribution is -1.95. The minimum atomic E-state index is 0.937. The van der Waals surface area contributed by atoms with E-state index in [0.717, 1.165) is 5.69 Å². The third-order valence-corrected chi connectivity index (χ3v) is 3.79. The van der Waals surface area contributed by atoms with Crippen LogP contribution in [0, 0.1) is 6.92 Å². The zero-order valence-electron chi connectivity index (χ0n) is 12.2. The van der Waals surface area contributed by atoms with Crippen molar-refractivity contribution in [2.75, 3.05) is 5.73 Å². The SMILES string of the molecule is CCCCCCCCCCc1cccc(N)c1C. The van der Waals surface area contributed by atoms with Crippen LogP contribution in [0.25, 0.3) is 0 Å². The topological polar surface area (TPSA) is 26.0 Å². The Hall–Kier alpha value is -0.980. The van der Waals surface area contributed by atoms with Crippen molar-refractivity contribution in [3.63, 3.8) is 0 Å². The predicted octanol–water partition coefficient (Wildman–Crippen LogP) is 5.26. The standard InChI is InChI=1S/C17H29N/c1-3-4-5-6-7-8-9-10-12-16-13-11-14-17(18)15(16)2/h11,13-14H,3-10,12,18H2,1-2H3. The first-order valence-corrected chi connectivity index (χ1v) is 7.59. The first-order chi connectivity index (χ1) is 8.75. The summed E-state index contributed by atoms with van der Waals surface area (Å²) in [5, 5.41) is 0. The maximum absolute atomic E-state index is 5.92. The molecule has 0 unspecified atom stereocenters. The summed E-state index contributed by atoms with van der Waals surface area (Å²) < 4.78 is 0. The fraction of sp³-hybridized carbons (Fsp3) is 0.647. The van der Waals surface area contributed by atoms with E-state index >= 15 is 0 Å². The molecule has 0 atom stereocenters. The highest BCUT2D eigenvalue weighted by molar-refractivity contribution is 5.49. The van der Waals surface area contributed by atoms with Crippen LogP contribution < -0.4 is 5.73 Å². The van der Waals surface area contributed by atoms with Gasteiger partial charge in [0.25, 0.3) is 0 Å². The molecule has 0 saturated carbocycles. The van der Waals surface area contributed by atoms with Gasteiger partial charge in [-0.3, -0.25) is 0 Å². The van der Waals surface area contributed by atoms with Gasteiger partial charge in [-0.1, -0.05) is 64.0 Å². The molecule has 102 valence electrons. The average molecular weight is 247 g/mol. The second-order valence-electron chi connectivity index (χ2n) is 5.36. The third kappa shape index (κ3) is 5.57. The van der Waals surface area contributed by atoms with E-state index < -0.39 is 0 Å². The normalized spacial score (nSPS) is 10.8. The molecule has 18 heavy (non-hydrogen) atoms. The van der Waals surface area contributed by atoms with Crippen molar-refractivity contribution in [1.29, 1.82) is 0 Å². The number of nitrogens with two attached hydrogens (primary N) is 1. The van der Waals surface area contributed by atoms with E-state index in [-0.39, 0.29) is 0 Å². The minimum absolute atomic E-state index is 0.937. The maximum atomic E-state index is 5.92. The molecule has 0 bridgehead atoms. The minimum Gasteiger partial charge on any atom is -0.399 e. The fourth-order valence-corrected chi connectivity index (χ4v) is 2.42. The molecule has 1 nitrogen and oxygen atoms in total. The van der Waals surface area contributed by atoms with Gasteiger partial charge >= 0.3 is 0 Å². The largest absolute Gasteiger partial charge is 0.399 e. The molecular weight excluding hydrogens is 218 g/mol. The molecule has 1 aromatic carbocycles. The maximum Gasteiger partial charge on any atom is 0.0346 e. The molecule has 0 fully saturated rings. The van der Waals surface area contributed by atoms with Crippen LogP contribution in [0.3, 0.4) is 0 Å². The number of anilines is 1. The molecule has 1 aromatic rings. The Labute approximate surface area is 113 Å². The Balaban J connectivity index is 2.09. The van der Waals surface area contributed by atoms with Crippen LogP contribution >= 0.6 is 0 Å². The zero-order valence-corrected chi connectivity index (χ0v) is 12.2. The first kappa shape index (κ1) is 15.1. The van der Waals surface area contributed by atoms with Crippen LogP contribution in [0.5, 0.6) is 0 Å². The molecule has 0 amide bonds. The van der Waals surface area contributed by atoms with Crippen LogP contribution in [-0.2, 0) is 6.42 Å². The Morgan fingerprint density at radius 3 is 2.17 bits per heavy atom. The van der Waals surface area contributed by atoms with E-state index in [1.54, 1.807) is 0 Å². The van der Waals surface area contributed by atoms with Crippen molar-refractivity contribution in [1.82, 2.24) is 0 Å². The molecule has 0 spiro atoms. The summed E-state index contributed by atoms with van der Waals surface area (Å²) >= 11 is 0. The van der Waals surface area contributed by atoms with Crippen molar-refractivity contribution in [3.8, 4) is 0 Å². The highest BCUT2D eigenvalue weighted by Gasteiger charge is 2.00. The Morgan fingerprint density at radius 1 is 0.889 bits per heavy atom. The summed E-state index contributed by atoms with van der Waals surface area (Å²) in [6.07, 6.45) is 12.2. The second kappa shape index (κ2) is 9.02. The van der Waals surface area contributed by atoms with E-state index in [9.17, 15) is 0 Å². The van der Waals surface area contributed by atoms with E-state index in [1.807, 2.05) is 6.07 Å². The number of rotatable bonds is 9. The molecule has 0 aliphatic heterocycles. The Morgan fingerprint density at radius 2 is 1.50 bits per heavy atom. The number of nitrogen functional groups attached to an aromatic ring is 1. The van der Waals surface area contributed by atoms with Gasteiger partial charge in [-0.25, -0.2) is 0 Å². The van der Waals surface area contributed by atoms with Crippen LogP contribution in [-0.4, -0.2) is 0 Å². The predicted molar refractivity (Wildman–Crippen MR) is 81.9 cm³/mol. The van der Waals surface area contributed by atoms with Crippen molar-refractivity contribution in [2.24, 2.45) is 0 Å². The van der Waals surface area contributed by atoms with Crippen LogP contribution in [0.15, 0.2) is 18.2 Å². The van der Waals surface area contributed by atoms with Crippen LogP contribution in [0.1, 0.15) is 69.4 Å². The molecule has 0 aromatic heterocycles. The van der Waals surface area contributed by atoms with E-state index in [1.165, 1.54) is 68.9 Å². The number of benzene rings is 1. The first-order valence-electron chi connectivity index (χ1n) is 7.59. The summed E-state index contributed by atoms with van der Waals surface area (Å²) in [4.78, 5) is 0. The summed E-state index contributed by atoms with van der Waals surface area (Å²) in [6.45, 7) is 4.41. The number of hydrogen-bond acceptors (Lipinski definition) is 1. The van der Waals surface area contributed by atoms with Crippen molar-refractivity contribution < 1.29 is 0 Å². The molecule has 0 aliphatic rings. The van der Waals surface area contributed by atoms with Crippen molar-refractivity contribution >= 4 is 5.69 Å². The highest BCUT2D eigenvalue weighted by atomic mass is 14.6. The smallest absolute Gasteiger partial charge is 0.0346 e. The summed E-state index contributed by atoms with van der Waals surface area (Å²) in [6, 6.07) is 6.28. The van der Waals surface area contributed by atoms with Gasteiger partial charge in [0.05, 0.1) is 0 Å². The summed E-state index contributed by atoms with van der Waals surface area (Å²) in [7, 11) is 0. The molecule has 0 saturated heterocycles. The zero-order chi connectivity index (χ0) is 13.2. The van der Waals surface area contributed by atoms with Gasteiger partial charge in [-0.15, -0.1) is 0 Å². The van der Waals surface area contributed by atoms with Crippen LogP contribution in [0.2, 0.25) is 0 Å². The second-order valence-corrected chi connectivity index (χ2v) is 5.36. The number of aryl methyl sites for hydroxylation is 1. The van der Waals surface area contributed by atoms with Gasteiger partial charge in [0, 0.05) is 5.69 Å². The number of unbranched alkanes of at least 4 members (excludes halogenated alkanes) is 7. The van der Waals surface area contributed by atoms with Gasteiger partial charge in [-0.05, 0) is 37.0 Å². The lowest BCUT2D eigenvalue weighted by molar-refractivity contribution is 0.575. The summed E-state index contributed by atoms with van der Waals surface area (Å²) in [5.74, 6) is 0. The molecule has 0 aliphatic carbocycles. The lowest BCUT2D eigenvalue weighted by Gasteiger charge is -2.08. The molecule has 0 radical (unpaired) electrons. The van der Waals surface area contributed by atoms with Crippen molar-refractivity contribution in [3.05, 3.63) is 29.3 Å². The Bertz CT molecular complexity index is 330. The van der Waals surface area contributed by atoms with Gasteiger partial charge < -0.3 is 5.73 Å². The third-order valence-electron chi connectivity index (χ3n) is 3.79. The molecular formula is C17H29N. The molecule has 0 heterocycles. The summed E-state index contributed by atoms with van der Waals surface area (Å²) in [5.41, 5.74) is 9.57. The quantitative estimate of drug-likeness (QED) is 0.467. The lowest BCUT2D eigenvalue weighted by atomic mass is 10.00. The average Bonchev–Trinajstić information content (AvgIpc) is 2.37. The Kier molecular flexibility index (Phi) is 7.55. The number of hydrogen-bond donors (Lipinski definition) is 1. The van der Waals surface area contributed by atoms with Gasteiger partial charge in [0.15, 0.2) is 0 Å². The van der Waals surface area contributed by atoms with Gasteiger partial charge in [0.2, 0.25) is 0 Å². The van der Waals surface area contributed by atoms with E-state index in [0.29, 0.717) is 0 Å². The fourth-order valence-electron chi connectivity index (χ4n) is 2.42. The van der Waals surface area contributed by atoms with Crippen molar-refractivity contribution in [2.45, 2.75) is 71.6 Å². The van der Waals surface area contributed by atoms with E-state index in [2.05, 4.69) is 26.0 Å². The van der Waals surface area contributed by atoms with Gasteiger partial charge in [-0.2, -0.15) is 0 Å². The highest BCUT2D eigenvalue weighted by Crippen LogP contribution is 2.18. The van der Waals surface area contributed by atoms with Crippen LogP contribution in [0.4, 0.5) is 5.69 Å². The van der Waals surface area contributed by atoms with E-state index in [4.69, 9.17) is 5.73 Å². The van der Waals surface area contributed by atoms with Gasteiger partial charge in [0.1, 0.15) is 0 Å². The molecule has 2 N–H and O–H groups in total.